The van der Waals surface area contributed by atoms with Gasteiger partial charge in [0.25, 0.3) is 5.91 Å². The first-order valence-electron chi connectivity index (χ1n) is 6.93. The molecule has 0 saturated carbocycles. The third kappa shape index (κ3) is 4.52. The van der Waals surface area contributed by atoms with Crippen molar-refractivity contribution >= 4 is 21.7 Å². The number of carbonyl (C=O) groups excluding carboxylic acids is 1. The van der Waals surface area contributed by atoms with Gasteiger partial charge in [-0.3, -0.25) is 4.79 Å². The summed E-state index contributed by atoms with van der Waals surface area (Å²) >= 11 is 0. The van der Waals surface area contributed by atoms with Crippen molar-refractivity contribution in [3.8, 4) is 0 Å². The van der Waals surface area contributed by atoms with E-state index in [0.29, 0.717) is 12.0 Å². The Labute approximate surface area is 135 Å². The van der Waals surface area contributed by atoms with Gasteiger partial charge >= 0.3 is 5.97 Å². The number of amides is 1. The van der Waals surface area contributed by atoms with Crippen LogP contribution in [0.15, 0.2) is 23.1 Å². The quantitative estimate of drug-likeness (QED) is 0.760. The molecule has 0 fully saturated rings. The molecule has 23 heavy (non-hydrogen) atoms. The molecule has 0 aliphatic rings. The van der Waals surface area contributed by atoms with Crippen LogP contribution in [0.1, 0.15) is 29.8 Å². The van der Waals surface area contributed by atoms with E-state index in [1.807, 2.05) is 6.92 Å². The van der Waals surface area contributed by atoms with Crippen LogP contribution in [0, 0.1) is 0 Å². The Balaban J connectivity index is 3.28. The van der Waals surface area contributed by atoms with Gasteiger partial charge in [0.05, 0.1) is 11.5 Å². The fraction of sp³-hybridized carbons (Fsp3) is 0.467. The van der Waals surface area contributed by atoms with Crippen LogP contribution in [0.4, 0.5) is 0 Å². The standard InChI is InChI=1S/C15H21NO6S/c1-5-10-6-7-11(23(4,20)21)8-12(10)13(17)16-15(2,9-22-3)14(18)19/h6-8H,5,9H2,1-4H3,(H,16,17)(H,18,19). The molecular formula is C15H21NO6S. The van der Waals surface area contributed by atoms with Crippen molar-refractivity contribution < 1.29 is 27.9 Å². The highest BCUT2D eigenvalue weighted by Gasteiger charge is 2.35. The minimum Gasteiger partial charge on any atom is -0.479 e. The number of hydrogen-bond acceptors (Lipinski definition) is 5. The molecule has 1 aromatic rings. The van der Waals surface area contributed by atoms with E-state index in [1.165, 1.54) is 26.2 Å². The molecule has 7 nitrogen and oxygen atoms in total. The summed E-state index contributed by atoms with van der Waals surface area (Å²) in [5, 5.41) is 11.7. The van der Waals surface area contributed by atoms with Gasteiger partial charge in [0.2, 0.25) is 0 Å². The third-order valence-corrected chi connectivity index (χ3v) is 4.54. The lowest BCUT2D eigenvalue weighted by Gasteiger charge is -2.25. The number of nitrogens with one attached hydrogen (secondary N) is 1. The molecule has 0 spiro atoms. The van der Waals surface area contributed by atoms with Crippen molar-refractivity contribution in [1.82, 2.24) is 5.32 Å². The highest BCUT2D eigenvalue weighted by atomic mass is 32.2. The second kappa shape index (κ2) is 7.10. The lowest BCUT2D eigenvalue weighted by Crippen LogP contribution is -2.55. The van der Waals surface area contributed by atoms with Gasteiger partial charge in [-0.25, -0.2) is 13.2 Å². The number of hydrogen-bond donors (Lipinski definition) is 2. The van der Waals surface area contributed by atoms with Gasteiger partial charge in [-0.15, -0.1) is 0 Å². The molecule has 0 heterocycles. The minimum absolute atomic E-state index is 0.00335. The van der Waals surface area contributed by atoms with Crippen molar-refractivity contribution in [2.24, 2.45) is 0 Å². The van der Waals surface area contributed by atoms with E-state index in [4.69, 9.17) is 4.74 Å². The topological polar surface area (TPSA) is 110 Å². The summed E-state index contributed by atoms with van der Waals surface area (Å²) in [6.45, 7) is 2.92. The summed E-state index contributed by atoms with van der Waals surface area (Å²) in [7, 11) is -2.15. The van der Waals surface area contributed by atoms with Gasteiger partial charge in [0.15, 0.2) is 15.4 Å². The van der Waals surface area contributed by atoms with Crippen LogP contribution in [0.2, 0.25) is 0 Å². The number of benzene rings is 1. The minimum atomic E-state index is -3.48. The Hall–Kier alpha value is -1.93. The maximum Gasteiger partial charge on any atom is 0.331 e. The summed E-state index contributed by atoms with van der Waals surface area (Å²) < 4.78 is 28.2. The van der Waals surface area contributed by atoms with Gasteiger partial charge in [-0.05, 0) is 31.0 Å². The molecule has 0 aromatic heterocycles. The van der Waals surface area contributed by atoms with Crippen molar-refractivity contribution in [2.75, 3.05) is 20.0 Å². The van der Waals surface area contributed by atoms with Gasteiger partial charge in [-0.1, -0.05) is 13.0 Å². The normalized spacial score (nSPS) is 14.1. The Morgan fingerprint density at radius 1 is 1.35 bits per heavy atom. The van der Waals surface area contributed by atoms with Crippen LogP contribution in [0.3, 0.4) is 0 Å². The highest BCUT2D eigenvalue weighted by molar-refractivity contribution is 7.90. The Morgan fingerprint density at radius 3 is 2.39 bits per heavy atom. The Bertz CT molecular complexity index is 713. The molecule has 0 bridgehead atoms. The van der Waals surface area contributed by atoms with Crippen LogP contribution in [-0.2, 0) is 25.8 Å². The lowest BCUT2D eigenvalue weighted by molar-refractivity contribution is -0.145. The first-order valence-corrected chi connectivity index (χ1v) is 8.82. The lowest BCUT2D eigenvalue weighted by atomic mass is 10.0. The highest BCUT2D eigenvalue weighted by Crippen LogP contribution is 2.18. The average molecular weight is 343 g/mol. The first kappa shape index (κ1) is 19.1. The predicted molar refractivity (Wildman–Crippen MR) is 84.3 cm³/mol. The monoisotopic (exact) mass is 343 g/mol. The van der Waals surface area contributed by atoms with Crippen molar-refractivity contribution in [3.63, 3.8) is 0 Å². The summed E-state index contributed by atoms with van der Waals surface area (Å²) in [5.41, 5.74) is -0.850. The van der Waals surface area contributed by atoms with Crippen LogP contribution in [0.25, 0.3) is 0 Å². The van der Waals surface area contributed by atoms with Crippen molar-refractivity contribution in [1.29, 1.82) is 0 Å². The maximum atomic E-state index is 12.5. The molecular weight excluding hydrogens is 322 g/mol. The molecule has 1 rings (SSSR count). The van der Waals surface area contributed by atoms with Crippen LogP contribution in [-0.4, -0.2) is 50.9 Å². The summed E-state index contributed by atoms with van der Waals surface area (Å²) in [6.07, 6.45) is 1.54. The predicted octanol–water partition coefficient (Wildman–Crippen LogP) is 0.872. The van der Waals surface area contributed by atoms with Gasteiger partial charge in [-0.2, -0.15) is 0 Å². The molecule has 0 aliphatic heterocycles. The summed E-state index contributed by atoms with van der Waals surface area (Å²) in [4.78, 5) is 23.8. The number of rotatable bonds is 7. The molecule has 1 amide bonds. The third-order valence-electron chi connectivity index (χ3n) is 3.43. The first-order chi connectivity index (χ1) is 10.5. The maximum absolute atomic E-state index is 12.5. The van der Waals surface area contributed by atoms with Crippen molar-refractivity contribution in [2.45, 2.75) is 30.7 Å². The molecule has 0 saturated heterocycles. The molecule has 1 atom stereocenters. The van der Waals surface area contributed by atoms with E-state index in [1.54, 1.807) is 6.07 Å². The van der Waals surface area contributed by atoms with Crippen LogP contribution < -0.4 is 5.32 Å². The molecule has 1 unspecified atom stereocenters. The largest absolute Gasteiger partial charge is 0.479 e. The molecule has 0 aliphatic carbocycles. The van der Waals surface area contributed by atoms with Gasteiger partial charge < -0.3 is 15.2 Å². The van der Waals surface area contributed by atoms with E-state index in [2.05, 4.69) is 5.32 Å². The second-order valence-electron chi connectivity index (χ2n) is 5.47. The number of carboxylic acid groups (broad SMARTS) is 1. The Morgan fingerprint density at radius 2 is 1.96 bits per heavy atom. The van der Waals surface area contributed by atoms with E-state index in [0.717, 1.165) is 6.26 Å². The van der Waals surface area contributed by atoms with Crippen LogP contribution >= 0.6 is 0 Å². The van der Waals surface area contributed by atoms with E-state index >= 15 is 0 Å². The fourth-order valence-corrected chi connectivity index (χ4v) is 2.71. The number of aliphatic carboxylic acids is 1. The number of sulfone groups is 1. The molecule has 1 aromatic carbocycles. The number of ether oxygens (including phenoxy) is 1. The second-order valence-corrected chi connectivity index (χ2v) is 7.48. The van der Waals surface area contributed by atoms with E-state index < -0.39 is 27.3 Å². The zero-order chi connectivity index (χ0) is 17.8. The molecule has 128 valence electrons. The molecule has 0 radical (unpaired) electrons. The zero-order valence-electron chi connectivity index (χ0n) is 13.5. The number of aryl methyl sites for hydroxylation is 1. The van der Waals surface area contributed by atoms with Crippen LogP contribution in [0.5, 0.6) is 0 Å². The average Bonchev–Trinajstić information content (AvgIpc) is 2.45. The number of carboxylic acids is 1. The summed E-state index contributed by atoms with van der Waals surface area (Å²) in [6, 6.07) is 4.24. The summed E-state index contributed by atoms with van der Waals surface area (Å²) in [5.74, 6) is -1.90. The van der Waals surface area contributed by atoms with Gasteiger partial charge in [0.1, 0.15) is 0 Å². The van der Waals surface area contributed by atoms with E-state index in [-0.39, 0.29) is 17.1 Å². The smallest absolute Gasteiger partial charge is 0.331 e. The Kier molecular flexibility index (Phi) is 5.90. The molecule has 8 heteroatoms. The number of methoxy groups -OCH3 is 1. The van der Waals surface area contributed by atoms with E-state index in [9.17, 15) is 23.1 Å². The van der Waals surface area contributed by atoms with Gasteiger partial charge in [0, 0.05) is 18.9 Å². The van der Waals surface area contributed by atoms with Crippen molar-refractivity contribution in [3.05, 3.63) is 29.3 Å². The zero-order valence-corrected chi connectivity index (χ0v) is 14.4. The SMILES string of the molecule is CCc1ccc(S(C)(=O)=O)cc1C(=O)NC(C)(COC)C(=O)O. The fourth-order valence-electron chi connectivity index (χ4n) is 2.06. The molecule has 2 N–H and O–H groups in total. The number of carbonyl (C=O) groups is 2.